The Bertz CT molecular complexity index is 1020. The molecule has 1 aromatic heterocycles. The first kappa shape index (κ1) is 18.2. The van der Waals surface area contributed by atoms with Gasteiger partial charge in [0.1, 0.15) is 10.7 Å². The summed E-state index contributed by atoms with van der Waals surface area (Å²) < 4.78 is 14.4. The molecular weight excluding hydrogens is 397 g/mol. The Hall–Kier alpha value is -2.55. The summed E-state index contributed by atoms with van der Waals surface area (Å²) in [7, 11) is 0. The molecule has 0 saturated carbocycles. The number of nitrogens with one attached hydrogen (secondary N) is 3. The minimum Gasteiger partial charge on any atom is -0.298 e. The molecule has 0 saturated heterocycles. The first-order chi connectivity index (χ1) is 12.5. The normalized spacial score (nSPS) is 10.4. The zero-order valence-electron chi connectivity index (χ0n) is 13.0. The maximum Gasteiger partial charge on any atom is 0.281 e. The van der Waals surface area contributed by atoms with Gasteiger partial charge in [-0.2, -0.15) is 0 Å². The largest absolute Gasteiger partial charge is 0.298 e. The molecule has 2 aromatic carbocycles. The number of hydrogen-bond donors (Lipinski definition) is 3. The predicted molar refractivity (Wildman–Crippen MR) is 104 cm³/mol. The predicted octanol–water partition coefficient (Wildman–Crippen LogP) is 3.64. The van der Waals surface area contributed by atoms with Gasteiger partial charge >= 0.3 is 0 Å². The Labute approximate surface area is 162 Å². The van der Waals surface area contributed by atoms with E-state index >= 15 is 0 Å². The minimum absolute atomic E-state index is 0.157. The number of thiocarbonyl (C=S) groups is 1. The number of fused-ring (bicyclic) bond motifs is 1. The highest BCUT2D eigenvalue weighted by molar-refractivity contribution is 7.80. The summed E-state index contributed by atoms with van der Waals surface area (Å²) in [5.74, 6) is -1.90. The summed E-state index contributed by atoms with van der Waals surface area (Å²) in [5.41, 5.74) is 4.60. The lowest BCUT2D eigenvalue weighted by atomic mass is 10.2. The maximum atomic E-state index is 13.6. The topological polar surface area (TPSA) is 70.2 Å². The van der Waals surface area contributed by atoms with E-state index in [-0.39, 0.29) is 10.7 Å². The van der Waals surface area contributed by atoms with Crippen molar-refractivity contribution in [2.45, 2.75) is 0 Å². The van der Waals surface area contributed by atoms with Gasteiger partial charge in [0.05, 0.1) is 10.6 Å². The van der Waals surface area contributed by atoms with Gasteiger partial charge in [-0.3, -0.25) is 25.8 Å². The highest BCUT2D eigenvalue weighted by atomic mass is 35.5. The summed E-state index contributed by atoms with van der Waals surface area (Å²) in [6.45, 7) is 0. The van der Waals surface area contributed by atoms with Crippen LogP contribution in [0, 0.1) is 5.82 Å². The Morgan fingerprint density at radius 2 is 1.69 bits per heavy atom. The molecule has 0 aliphatic rings. The van der Waals surface area contributed by atoms with Crippen LogP contribution in [0.25, 0.3) is 10.1 Å². The average molecular weight is 408 g/mol. The van der Waals surface area contributed by atoms with Crippen molar-refractivity contribution in [2.24, 2.45) is 0 Å². The molecule has 3 aromatic rings. The van der Waals surface area contributed by atoms with E-state index < -0.39 is 17.6 Å². The number of amides is 2. The molecule has 9 heteroatoms. The van der Waals surface area contributed by atoms with Gasteiger partial charge in [-0.15, -0.1) is 11.3 Å². The van der Waals surface area contributed by atoms with E-state index in [2.05, 4.69) is 16.2 Å². The minimum atomic E-state index is -0.727. The van der Waals surface area contributed by atoms with Crippen LogP contribution < -0.4 is 16.2 Å². The number of carbonyl (C=O) groups is 2. The van der Waals surface area contributed by atoms with Gasteiger partial charge in [-0.05, 0) is 30.4 Å². The van der Waals surface area contributed by atoms with Gasteiger partial charge in [0.2, 0.25) is 0 Å². The fourth-order valence-corrected chi connectivity index (χ4v) is 3.73. The Balaban J connectivity index is 1.62. The molecule has 3 rings (SSSR count). The molecule has 0 unspecified atom stereocenters. The van der Waals surface area contributed by atoms with E-state index in [9.17, 15) is 14.0 Å². The summed E-state index contributed by atoms with van der Waals surface area (Å²) >= 11 is 12.4. The molecule has 0 bridgehead atoms. The van der Waals surface area contributed by atoms with E-state index in [1.807, 2.05) is 24.3 Å². The molecule has 0 spiro atoms. The van der Waals surface area contributed by atoms with Crippen LogP contribution in [0.3, 0.4) is 0 Å². The summed E-state index contributed by atoms with van der Waals surface area (Å²) in [5, 5.41) is 3.22. The Morgan fingerprint density at radius 3 is 2.42 bits per heavy atom. The first-order valence-electron chi connectivity index (χ1n) is 7.30. The maximum absolute atomic E-state index is 13.6. The average Bonchev–Trinajstić information content (AvgIpc) is 2.97. The number of thiophene rings is 1. The Kier molecular flexibility index (Phi) is 5.46. The second-order valence-electron chi connectivity index (χ2n) is 5.08. The van der Waals surface area contributed by atoms with Gasteiger partial charge in [-0.25, -0.2) is 4.39 Å². The number of benzene rings is 2. The van der Waals surface area contributed by atoms with Crippen molar-refractivity contribution in [3.63, 3.8) is 0 Å². The van der Waals surface area contributed by atoms with Crippen LogP contribution in [0.1, 0.15) is 20.0 Å². The molecule has 0 fully saturated rings. The second-order valence-corrected chi connectivity index (χ2v) is 6.92. The molecule has 5 nitrogen and oxygen atoms in total. The number of hydrazine groups is 1. The Morgan fingerprint density at radius 1 is 1.00 bits per heavy atom. The summed E-state index contributed by atoms with van der Waals surface area (Å²) in [6.07, 6.45) is 0. The quantitative estimate of drug-likeness (QED) is 0.448. The summed E-state index contributed by atoms with van der Waals surface area (Å²) in [6, 6.07) is 12.8. The van der Waals surface area contributed by atoms with Crippen molar-refractivity contribution in [2.75, 3.05) is 0 Å². The lowest BCUT2D eigenvalue weighted by Crippen LogP contribution is -2.48. The lowest BCUT2D eigenvalue weighted by Gasteiger charge is -2.10. The van der Waals surface area contributed by atoms with Crippen molar-refractivity contribution < 1.29 is 14.0 Å². The number of halogens is 2. The second kappa shape index (κ2) is 7.77. The van der Waals surface area contributed by atoms with Crippen LogP contribution >= 0.6 is 35.2 Å². The van der Waals surface area contributed by atoms with Crippen LogP contribution in [-0.2, 0) is 0 Å². The molecule has 2 amide bonds. The monoisotopic (exact) mass is 407 g/mol. The highest BCUT2D eigenvalue weighted by Crippen LogP contribution is 2.34. The van der Waals surface area contributed by atoms with E-state index in [0.717, 1.165) is 16.2 Å². The smallest absolute Gasteiger partial charge is 0.281 e. The van der Waals surface area contributed by atoms with Crippen molar-refractivity contribution in [1.82, 2.24) is 16.2 Å². The number of carbonyl (C=O) groups excluding carboxylic acids is 2. The molecule has 0 radical (unpaired) electrons. The van der Waals surface area contributed by atoms with Crippen LogP contribution in [0.2, 0.25) is 5.02 Å². The molecule has 132 valence electrons. The van der Waals surface area contributed by atoms with Crippen molar-refractivity contribution >= 4 is 62.2 Å². The number of rotatable bonds is 2. The van der Waals surface area contributed by atoms with Crippen molar-refractivity contribution in [3.05, 3.63) is 69.8 Å². The highest BCUT2D eigenvalue weighted by Gasteiger charge is 2.17. The molecule has 3 N–H and O–H groups in total. The lowest BCUT2D eigenvalue weighted by molar-refractivity contribution is 0.0937. The standard InChI is InChI=1S/C17H11ClFN3O2S2/c18-13-10-6-2-4-8-12(10)26-14(13)16(24)21-22-17(25)20-15(23)9-5-1-3-7-11(9)19/h1-8H,(H,21,24)(H2,20,22,23,25). The summed E-state index contributed by atoms with van der Waals surface area (Å²) in [4.78, 5) is 24.5. The number of hydrogen-bond acceptors (Lipinski definition) is 4. The molecule has 0 aliphatic carbocycles. The molecule has 0 atom stereocenters. The van der Waals surface area contributed by atoms with Crippen molar-refractivity contribution in [3.8, 4) is 0 Å². The fourth-order valence-electron chi connectivity index (χ4n) is 2.18. The van der Waals surface area contributed by atoms with Gasteiger partial charge < -0.3 is 0 Å². The molecule has 26 heavy (non-hydrogen) atoms. The van der Waals surface area contributed by atoms with Gasteiger partial charge in [0.15, 0.2) is 5.11 Å². The zero-order valence-corrected chi connectivity index (χ0v) is 15.4. The van der Waals surface area contributed by atoms with E-state index in [1.165, 1.54) is 29.5 Å². The van der Waals surface area contributed by atoms with Gasteiger partial charge in [-0.1, -0.05) is 41.9 Å². The van der Waals surface area contributed by atoms with Crippen molar-refractivity contribution in [1.29, 1.82) is 0 Å². The van der Waals surface area contributed by atoms with Gasteiger partial charge in [0.25, 0.3) is 11.8 Å². The first-order valence-corrected chi connectivity index (χ1v) is 8.91. The molecular formula is C17H11ClFN3O2S2. The van der Waals surface area contributed by atoms with E-state index in [4.69, 9.17) is 23.8 Å². The van der Waals surface area contributed by atoms with Crippen LogP contribution in [0.5, 0.6) is 0 Å². The molecule has 1 heterocycles. The zero-order chi connectivity index (χ0) is 18.7. The third-order valence-corrected chi connectivity index (χ3v) is 5.25. The fraction of sp³-hybridized carbons (Fsp3) is 0. The van der Waals surface area contributed by atoms with Gasteiger partial charge in [0, 0.05) is 10.1 Å². The molecule has 0 aliphatic heterocycles. The van der Waals surface area contributed by atoms with Crippen LogP contribution in [0.15, 0.2) is 48.5 Å². The third-order valence-electron chi connectivity index (χ3n) is 3.38. The third kappa shape index (κ3) is 3.82. The van der Waals surface area contributed by atoms with Crippen LogP contribution in [-0.4, -0.2) is 16.9 Å². The van der Waals surface area contributed by atoms with E-state index in [1.54, 1.807) is 0 Å². The van der Waals surface area contributed by atoms with E-state index in [0.29, 0.717) is 9.90 Å². The SMILES string of the molecule is O=C(NC(=S)NNC(=O)c1sc2ccccc2c1Cl)c1ccccc1F. The van der Waals surface area contributed by atoms with Crippen LogP contribution in [0.4, 0.5) is 4.39 Å².